The monoisotopic (exact) mass is 375 g/mol. The van der Waals surface area contributed by atoms with Crippen LogP contribution in [0.4, 0.5) is 0 Å². The molecule has 28 heavy (non-hydrogen) atoms. The zero-order chi connectivity index (χ0) is 19.8. The van der Waals surface area contributed by atoms with Gasteiger partial charge in [-0.05, 0) is 37.3 Å². The third-order valence-electron chi connectivity index (χ3n) is 4.57. The van der Waals surface area contributed by atoms with Gasteiger partial charge in [0.15, 0.2) is 5.82 Å². The van der Waals surface area contributed by atoms with Crippen molar-refractivity contribution in [2.45, 2.75) is 26.7 Å². The molecule has 1 aromatic carbocycles. The van der Waals surface area contributed by atoms with Crippen LogP contribution in [0.15, 0.2) is 53.7 Å². The summed E-state index contributed by atoms with van der Waals surface area (Å²) in [6.07, 6.45) is 5.15. The van der Waals surface area contributed by atoms with Crippen molar-refractivity contribution in [2.24, 2.45) is 7.05 Å². The van der Waals surface area contributed by atoms with Crippen LogP contribution in [0.5, 0.6) is 11.6 Å². The lowest BCUT2D eigenvalue weighted by Crippen LogP contribution is -2.20. The first-order valence-electron chi connectivity index (χ1n) is 9.09. The van der Waals surface area contributed by atoms with E-state index in [4.69, 9.17) is 4.74 Å². The van der Waals surface area contributed by atoms with E-state index in [1.54, 1.807) is 30.0 Å². The number of hydrogen-bond acceptors (Lipinski definition) is 5. The van der Waals surface area contributed by atoms with Crippen LogP contribution in [-0.2, 0) is 7.05 Å². The van der Waals surface area contributed by atoms with Crippen molar-refractivity contribution in [3.8, 4) is 23.0 Å². The van der Waals surface area contributed by atoms with Gasteiger partial charge >= 0.3 is 0 Å². The Morgan fingerprint density at radius 2 is 1.82 bits per heavy atom. The van der Waals surface area contributed by atoms with Crippen LogP contribution in [0.3, 0.4) is 0 Å². The molecule has 142 valence electrons. The Morgan fingerprint density at radius 3 is 2.50 bits per heavy atom. The molecule has 0 spiro atoms. The first-order valence-corrected chi connectivity index (χ1v) is 9.09. The van der Waals surface area contributed by atoms with Crippen molar-refractivity contribution in [1.29, 1.82) is 0 Å². The molecule has 0 aliphatic rings. The number of aryl methyl sites for hydroxylation is 1. The van der Waals surface area contributed by atoms with Crippen LogP contribution in [0.2, 0.25) is 0 Å². The fraction of sp³-hybridized carbons (Fsp3) is 0.238. The van der Waals surface area contributed by atoms with Gasteiger partial charge in [0.25, 0.3) is 5.56 Å². The van der Waals surface area contributed by atoms with Gasteiger partial charge in [-0.25, -0.2) is 15.0 Å². The smallest absolute Gasteiger partial charge is 0.279 e. The summed E-state index contributed by atoms with van der Waals surface area (Å²) in [6, 6.07) is 9.34. The second-order valence-electron chi connectivity index (χ2n) is 7.01. The molecule has 3 heterocycles. The molecule has 0 saturated heterocycles. The largest absolute Gasteiger partial charge is 0.439 e. The summed E-state index contributed by atoms with van der Waals surface area (Å²) < 4.78 is 9.28. The highest BCUT2D eigenvalue weighted by molar-refractivity contribution is 5.56. The van der Waals surface area contributed by atoms with E-state index < -0.39 is 0 Å². The Labute approximate surface area is 162 Å². The molecule has 0 fully saturated rings. The Morgan fingerprint density at radius 1 is 1.07 bits per heavy atom. The van der Waals surface area contributed by atoms with Crippen LogP contribution >= 0.6 is 0 Å². The highest BCUT2D eigenvalue weighted by Gasteiger charge is 2.14. The van der Waals surface area contributed by atoms with E-state index in [-0.39, 0.29) is 11.5 Å². The molecule has 4 rings (SSSR count). The SMILES string of the molecule is Cc1ccnc(-c2ccc(Oc3cn4c(C(C)C)ncc4c(=O)n3C)cc2)n1. The molecule has 3 aromatic heterocycles. The predicted octanol–water partition coefficient (Wildman–Crippen LogP) is 3.71. The molecule has 0 aliphatic carbocycles. The zero-order valence-electron chi connectivity index (χ0n) is 16.2. The van der Waals surface area contributed by atoms with Crippen LogP contribution in [-0.4, -0.2) is 23.9 Å². The fourth-order valence-electron chi connectivity index (χ4n) is 3.04. The van der Waals surface area contributed by atoms with Gasteiger partial charge in [0, 0.05) is 30.4 Å². The van der Waals surface area contributed by atoms with Crippen molar-refractivity contribution >= 4 is 5.52 Å². The number of benzene rings is 1. The molecule has 7 nitrogen and oxygen atoms in total. The van der Waals surface area contributed by atoms with Gasteiger partial charge in [0.2, 0.25) is 5.88 Å². The molecule has 0 bridgehead atoms. The van der Waals surface area contributed by atoms with E-state index in [0.717, 1.165) is 17.1 Å². The molecule has 0 unspecified atom stereocenters. The average molecular weight is 375 g/mol. The maximum absolute atomic E-state index is 12.7. The van der Waals surface area contributed by atoms with Gasteiger partial charge in [0.1, 0.15) is 17.1 Å². The molecule has 0 radical (unpaired) electrons. The second-order valence-corrected chi connectivity index (χ2v) is 7.01. The van der Waals surface area contributed by atoms with E-state index in [2.05, 4.69) is 15.0 Å². The van der Waals surface area contributed by atoms with E-state index in [1.807, 2.05) is 51.1 Å². The molecule has 4 aromatic rings. The molecular weight excluding hydrogens is 354 g/mol. The number of imidazole rings is 1. The minimum atomic E-state index is -0.151. The highest BCUT2D eigenvalue weighted by Crippen LogP contribution is 2.25. The Hall–Kier alpha value is -3.48. The summed E-state index contributed by atoms with van der Waals surface area (Å²) in [7, 11) is 1.69. The standard InChI is InChI=1S/C21H21N5O2/c1-13(2)20-23-11-17-21(27)25(4)18(12-26(17)20)28-16-7-5-15(6-8-16)19-22-10-9-14(3)24-19/h5-13H,1-4H3. The van der Waals surface area contributed by atoms with Gasteiger partial charge in [-0.15, -0.1) is 0 Å². The quantitative estimate of drug-likeness (QED) is 0.543. The molecule has 0 aliphatic heterocycles. The number of nitrogens with zero attached hydrogens (tertiary/aromatic N) is 5. The van der Waals surface area contributed by atoms with E-state index >= 15 is 0 Å². The van der Waals surface area contributed by atoms with E-state index in [1.165, 1.54) is 4.57 Å². The summed E-state index contributed by atoms with van der Waals surface area (Å²) in [4.78, 5) is 25.8. The normalized spacial score (nSPS) is 11.3. The Balaban J connectivity index is 1.69. The number of hydrogen-bond donors (Lipinski definition) is 0. The minimum Gasteiger partial charge on any atom is -0.439 e. The maximum atomic E-state index is 12.7. The second kappa shape index (κ2) is 6.92. The van der Waals surface area contributed by atoms with Gasteiger partial charge in [-0.3, -0.25) is 13.8 Å². The summed E-state index contributed by atoms with van der Waals surface area (Å²) in [5.74, 6) is 2.75. The third kappa shape index (κ3) is 3.15. The minimum absolute atomic E-state index is 0.151. The number of fused-ring (bicyclic) bond motifs is 1. The summed E-state index contributed by atoms with van der Waals surface area (Å²) in [5, 5.41) is 0. The maximum Gasteiger partial charge on any atom is 0.279 e. The molecule has 0 amide bonds. The number of aromatic nitrogens is 5. The molecule has 0 saturated carbocycles. The van der Waals surface area contributed by atoms with Gasteiger partial charge < -0.3 is 4.74 Å². The van der Waals surface area contributed by atoms with Gasteiger partial charge in [-0.1, -0.05) is 13.8 Å². The molecule has 0 N–H and O–H groups in total. The topological polar surface area (TPSA) is 74.3 Å². The van der Waals surface area contributed by atoms with Crippen molar-refractivity contribution in [2.75, 3.05) is 0 Å². The van der Waals surface area contributed by atoms with Crippen molar-refractivity contribution in [3.05, 3.63) is 70.8 Å². The predicted molar refractivity (Wildman–Crippen MR) is 107 cm³/mol. The Kier molecular flexibility index (Phi) is 4.43. The molecule has 7 heteroatoms. The first-order chi connectivity index (χ1) is 13.4. The van der Waals surface area contributed by atoms with E-state index in [9.17, 15) is 4.79 Å². The summed E-state index contributed by atoms with van der Waals surface area (Å²) in [5.41, 5.74) is 2.19. The number of rotatable bonds is 4. The molecule has 0 atom stereocenters. The molecular formula is C21H21N5O2. The summed E-state index contributed by atoms with van der Waals surface area (Å²) in [6.45, 7) is 6.01. The van der Waals surface area contributed by atoms with E-state index in [0.29, 0.717) is 23.0 Å². The van der Waals surface area contributed by atoms with Crippen LogP contribution < -0.4 is 10.3 Å². The fourth-order valence-corrected chi connectivity index (χ4v) is 3.04. The third-order valence-corrected chi connectivity index (χ3v) is 4.57. The first kappa shape index (κ1) is 17.9. The number of ether oxygens (including phenoxy) is 1. The van der Waals surface area contributed by atoms with Crippen molar-refractivity contribution < 1.29 is 4.74 Å². The van der Waals surface area contributed by atoms with Crippen LogP contribution in [0.25, 0.3) is 16.9 Å². The van der Waals surface area contributed by atoms with Crippen molar-refractivity contribution in [1.82, 2.24) is 23.9 Å². The lowest BCUT2D eigenvalue weighted by molar-refractivity contribution is 0.430. The zero-order valence-corrected chi connectivity index (χ0v) is 16.2. The van der Waals surface area contributed by atoms with Crippen molar-refractivity contribution in [3.63, 3.8) is 0 Å². The Bertz CT molecular complexity index is 1210. The average Bonchev–Trinajstić information content (AvgIpc) is 3.11. The highest BCUT2D eigenvalue weighted by atomic mass is 16.5. The lowest BCUT2D eigenvalue weighted by atomic mass is 10.2. The van der Waals surface area contributed by atoms with Gasteiger partial charge in [-0.2, -0.15) is 0 Å². The lowest BCUT2D eigenvalue weighted by Gasteiger charge is -2.12. The van der Waals surface area contributed by atoms with Crippen LogP contribution in [0, 0.1) is 6.92 Å². The van der Waals surface area contributed by atoms with Gasteiger partial charge in [0.05, 0.1) is 12.4 Å². The van der Waals surface area contributed by atoms with Crippen LogP contribution in [0.1, 0.15) is 31.3 Å². The summed E-state index contributed by atoms with van der Waals surface area (Å²) >= 11 is 0.